The lowest BCUT2D eigenvalue weighted by atomic mass is 9.90. The first-order valence-electron chi connectivity index (χ1n) is 12.1. The summed E-state index contributed by atoms with van der Waals surface area (Å²) < 4.78 is 24.4. The summed E-state index contributed by atoms with van der Waals surface area (Å²) in [5.74, 6) is 0.224. The second-order valence-corrected chi connectivity index (χ2v) is 9.23. The van der Waals surface area contributed by atoms with Gasteiger partial charge in [-0.3, -0.25) is 9.59 Å². The molecule has 1 fully saturated rings. The molecule has 8 heteroatoms. The fraction of sp³-hybridized carbons (Fsp3) is 0.286. The van der Waals surface area contributed by atoms with Crippen molar-refractivity contribution in [3.63, 3.8) is 0 Å². The number of benzene rings is 3. The molecule has 1 heterocycles. The van der Waals surface area contributed by atoms with Crippen LogP contribution in [0.3, 0.4) is 0 Å². The van der Waals surface area contributed by atoms with E-state index in [1.165, 1.54) is 18.2 Å². The molecule has 186 valence electrons. The van der Waals surface area contributed by atoms with Crippen LogP contribution in [0.2, 0.25) is 0 Å². The van der Waals surface area contributed by atoms with Crippen molar-refractivity contribution in [1.29, 1.82) is 0 Å². The standard InChI is InChI=1S/C28H28FN3O4/c29-21-5-2-4-19(14-21)27(33)31-23-6-1-3-18(13-23)16-32(24-10-8-22(30)9-11-24)28(34)20-7-12-25-26(15-20)36-17-35-25/h1-7,12-15,22,24H,8-11,16-17,30H2,(H,31,33). The van der Waals surface area contributed by atoms with Crippen LogP contribution in [0.1, 0.15) is 52.0 Å². The summed E-state index contributed by atoms with van der Waals surface area (Å²) in [5.41, 5.74) is 8.33. The number of fused-ring (bicyclic) bond motifs is 1. The lowest BCUT2D eigenvalue weighted by molar-refractivity contribution is 0.0606. The lowest BCUT2D eigenvalue weighted by Crippen LogP contribution is -2.43. The fourth-order valence-electron chi connectivity index (χ4n) is 4.75. The molecule has 7 nitrogen and oxygen atoms in total. The molecule has 0 saturated heterocycles. The van der Waals surface area contributed by atoms with E-state index in [1.807, 2.05) is 23.1 Å². The first-order chi connectivity index (χ1) is 17.5. The Morgan fingerprint density at radius 2 is 1.69 bits per heavy atom. The monoisotopic (exact) mass is 489 g/mol. The number of nitrogens with one attached hydrogen (secondary N) is 1. The molecule has 2 amide bonds. The quantitative estimate of drug-likeness (QED) is 0.523. The molecule has 0 bridgehead atoms. The zero-order valence-corrected chi connectivity index (χ0v) is 19.8. The molecule has 5 rings (SSSR count). The van der Waals surface area contributed by atoms with Crippen LogP contribution in [0.15, 0.2) is 66.7 Å². The van der Waals surface area contributed by atoms with Crippen molar-refractivity contribution in [3.05, 3.63) is 89.2 Å². The molecular weight excluding hydrogens is 461 g/mol. The van der Waals surface area contributed by atoms with Crippen LogP contribution in [0.4, 0.5) is 10.1 Å². The van der Waals surface area contributed by atoms with Crippen molar-refractivity contribution in [1.82, 2.24) is 4.90 Å². The van der Waals surface area contributed by atoms with E-state index in [0.717, 1.165) is 31.2 Å². The molecule has 1 saturated carbocycles. The Hall–Kier alpha value is -3.91. The largest absolute Gasteiger partial charge is 0.454 e. The predicted molar refractivity (Wildman–Crippen MR) is 133 cm³/mol. The Morgan fingerprint density at radius 3 is 2.50 bits per heavy atom. The molecule has 2 aliphatic rings. The van der Waals surface area contributed by atoms with E-state index >= 15 is 0 Å². The molecule has 0 radical (unpaired) electrons. The van der Waals surface area contributed by atoms with Gasteiger partial charge in [-0.25, -0.2) is 4.39 Å². The lowest BCUT2D eigenvalue weighted by Gasteiger charge is -2.36. The Morgan fingerprint density at radius 1 is 0.917 bits per heavy atom. The van der Waals surface area contributed by atoms with Crippen molar-refractivity contribution < 1.29 is 23.5 Å². The number of nitrogens with two attached hydrogens (primary N) is 1. The van der Waals surface area contributed by atoms with Gasteiger partial charge in [0.2, 0.25) is 6.79 Å². The van der Waals surface area contributed by atoms with Crippen molar-refractivity contribution in [2.45, 2.75) is 44.3 Å². The number of anilines is 1. The van der Waals surface area contributed by atoms with Crippen LogP contribution < -0.4 is 20.5 Å². The number of nitrogens with zero attached hydrogens (tertiary/aromatic N) is 1. The van der Waals surface area contributed by atoms with Gasteiger partial charge in [0.15, 0.2) is 11.5 Å². The topological polar surface area (TPSA) is 93.9 Å². The number of carbonyl (C=O) groups excluding carboxylic acids is 2. The first-order valence-corrected chi connectivity index (χ1v) is 12.1. The van der Waals surface area contributed by atoms with Gasteiger partial charge in [0.1, 0.15) is 5.82 Å². The Balaban J connectivity index is 1.37. The molecule has 3 aromatic carbocycles. The van der Waals surface area contributed by atoms with Crippen molar-refractivity contribution in [2.24, 2.45) is 5.73 Å². The average Bonchev–Trinajstić information content (AvgIpc) is 3.36. The van der Waals surface area contributed by atoms with E-state index in [0.29, 0.717) is 29.3 Å². The molecule has 3 N–H and O–H groups in total. The molecule has 0 spiro atoms. The zero-order valence-electron chi connectivity index (χ0n) is 19.8. The summed E-state index contributed by atoms with van der Waals surface area (Å²) in [5, 5.41) is 2.82. The van der Waals surface area contributed by atoms with E-state index in [9.17, 15) is 14.0 Å². The number of amides is 2. The van der Waals surface area contributed by atoms with Gasteiger partial charge in [-0.15, -0.1) is 0 Å². The molecule has 1 aliphatic carbocycles. The van der Waals surface area contributed by atoms with Crippen LogP contribution in [0, 0.1) is 5.82 Å². The van der Waals surface area contributed by atoms with E-state index in [1.54, 1.807) is 30.3 Å². The summed E-state index contributed by atoms with van der Waals surface area (Å²) >= 11 is 0. The normalized spacial score (nSPS) is 18.5. The van der Waals surface area contributed by atoms with Crippen molar-refractivity contribution >= 4 is 17.5 Å². The van der Waals surface area contributed by atoms with E-state index in [2.05, 4.69) is 5.32 Å². The Bertz CT molecular complexity index is 1270. The number of carbonyl (C=O) groups is 2. The Labute approximate surface area is 209 Å². The predicted octanol–water partition coefficient (Wildman–Crippen LogP) is 4.72. The number of hydrogen-bond donors (Lipinski definition) is 2. The van der Waals surface area contributed by atoms with Crippen molar-refractivity contribution in [2.75, 3.05) is 12.1 Å². The van der Waals surface area contributed by atoms with Gasteiger partial charge in [0.05, 0.1) is 0 Å². The number of rotatable bonds is 6. The van der Waals surface area contributed by atoms with Gasteiger partial charge >= 0.3 is 0 Å². The van der Waals surface area contributed by atoms with Gasteiger partial charge in [0.25, 0.3) is 11.8 Å². The maximum Gasteiger partial charge on any atom is 0.255 e. The molecular formula is C28H28FN3O4. The van der Waals surface area contributed by atoms with Gasteiger partial charge in [-0.1, -0.05) is 18.2 Å². The first kappa shape index (κ1) is 23.8. The average molecular weight is 490 g/mol. The maximum absolute atomic E-state index is 13.7. The minimum absolute atomic E-state index is 0.0493. The number of hydrogen-bond acceptors (Lipinski definition) is 5. The number of ether oxygens (including phenoxy) is 2. The smallest absolute Gasteiger partial charge is 0.255 e. The van der Waals surface area contributed by atoms with Crippen LogP contribution in [0.25, 0.3) is 0 Å². The highest BCUT2D eigenvalue weighted by Gasteiger charge is 2.29. The second kappa shape index (κ2) is 10.4. The SMILES string of the molecule is NC1CCC(N(Cc2cccc(NC(=O)c3cccc(F)c3)c2)C(=O)c2ccc3c(c2)OCO3)CC1. The second-order valence-electron chi connectivity index (χ2n) is 9.23. The highest BCUT2D eigenvalue weighted by atomic mass is 19.1. The molecule has 1 aliphatic heterocycles. The third-order valence-electron chi connectivity index (χ3n) is 6.69. The van der Waals surface area contributed by atoms with E-state index in [4.69, 9.17) is 15.2 Å². The summed E-state index contributed by atoms with van der Waals surface area (Å²) in [6.07, 6.45) is 3.37. The van der Waals surface area contributed by atoms with Crippen LogP contribution >= 0.6 is 0 Å². The number of halogens is 1. The maximum atomic E-state index is 13.7. The highest BCUT2D eigenvalue weighted by Crippen LogP contribution is 2.34. The van der Waals surface area contributed by atoms with Gasteiger partial charge in [0, 0.05) is 35.4 Å². The van der Waals surface area contributed by atoms with Crippen LogP contribution in [-0.4, -0.2) is 35.6 Å². The summed E-state index contributed by atoms with van der Waals surface area (Å²) in [7, 11) is 0. The van der Waals surface area contributed by atoms with E-state index in [-0.39, 0.29) is 30.3 Å². The van der Waals surface area contributed by atoms with E-state index < -0.39 is 11.7 Å². The summed E-state index contributed by atoms with van der Waals surface area (Å²) in [6.45, 7) is 0.516. The molecule has 0 aromatic heterocycles. The molecule has 3 aromatic rings. The Kier molecular flexibility index (Phi) is 6.86. The third kappa shape index (κ3) is 5.33. The molecule has 36 heavy (non-hydrogen) atoms. The van der Waals surface area contributed by atoms with Gasteiger partial charge in [-0.05, 0) is 79.8 Å². The molecule has 0 unspecified atom stereocenters. The van der Waals surface area contributed by atoms with Crippen LogP contribution in [-0.2, 0) is 6.54 Å². The molecule has 0 atom stereocenters. The third-order valence-corrected chi connectivity index (χ3v) is 6.69. The van der Waals surface area contributed by atoms with Crippen LogP contribution in [0.5, 0.6) is 11.5 Å². The fourth-order valence-corrected chi connectivity index (χ4v) is 4.75. The van der Waals surface area contributed by atoms with Crippen molar-refractivity contribution in [3.8, 4) is 11.5 Å². The zero-order chi connectivity index (χ0) is 25.1. The minimum atomic E-state index is -0.471. The summed E-state index contributed by atoms with van der Waals surface area (Å²) in [6, 6.07) is 18.3. The highest BCUT2D eigenvalue weighted by molar-refractivity contribution is 6.04. The minimum Gasteiger partial charge on any atom is -0.454 e. The van der Waals surface area contributed by atoms with Gasteiger partial charge < -0.3 is 25.4 Å². The summed E-state index contributed by atoms with van der Waals surface area (Å²) in [4.78, 5) is 28.2. The van der Waals surface area contributed by atoms with Gasteiger partial charge in [-0.2, -0.15) is 0 Å².